The third-order valence-corrected chi connectivity index (χ3v) is 6.65. The van der Waals surface area contributed by atoms with Crippen LogP contribution in [0.25, 0.3) is 0 Å². The van der Waals surface area contributed by atoms with Crippen LogP contribution >= 0.6 is 15.9 Å². The summed E-state index contributed by atoms with van der Waals surface area (Å²) in [5.74, 6) is 0. The zero-order chi connectivity index (χ0) is 17.8. The van der Waals surface area contributed by atoms with Crippen molar-refractivity contribution in [3.8, 4) is 0 Å². The summed E-state index contributed by atoms with van der Waals surface area (Å²) in [5.41, 5.74) is 0.955. The summed E-state index contributed by atoms with van der Waals surface area (Å²) in [4.78, 5) is 0.260. The minimum Gasteiger partial charge on any atom is -0.210 e. The van der Waals surface area contributed by atoms with E-state index < -0.39 is 20.0 Å². The highest BCUT2D eigenvalue weighted by atomic mass is 79.9. The molecule has 130 valence electrons. The molecule has 0 unspecified atom stereocenters. The Balaban J connectivity index is 1.92. The fourth-order valence-electron chi connectivity index (χ4n) is 1.87. The molecule has 0 atom stereocenters. The second-order valence-electron chi connectivity index (χ2n) is 5.06. The number of sulfonamides is 2. The lowest BCUT2D eigenvalue weighted by Gasteiger charge is -2.09. The van der Waals surface area contributed by atoms with Gasteiger partial charge < -0.3 is 0 Å². The Bertz CT molecular complexity index is 816. The number of aryl methyl sites for hydroxylation is 1. The molecule has 0 aliphatic rings. The van der Waals surface area contributed by atoms with Crippen LogP contribution in [0.4, 0.5) is 0 Å². The van der Waals surface area contributed by atoms with Crippen LogP contribution in [0.5, 0.6) is 0 Å². The Labute approximate surface area is 150 Å². The summed E-state index contributed by atoms with van der Waals surface area (Å²) in [5, 5.41) is 0. The second-order valence-corrected chi connectivity index (χ2v) is 9.51. The molecule has 2 rings (SSSR count). The van der Waals surface area contributed by atoms with Crippen molar-refractivity contribution >= 4 is 36.0 Å². The molecule has 0 radical (unpaired) electrons. The van der Waals surface area contributed by atoms with E-state index in [0.717, 1.165) is 10.0 Å². The quantitative estimate of drug-likeness (QED) is 0.654. The standard InChI is InChI=1S/C15H17BrN2O4S2/c1-12-2-6-14(7-3-12)23(19,20)17-10-11-18-24(21,22)15-8-4-13(16)5-9-15/h2-9,17-18H,10-11H2,1H3. The third kappa shape index (κ3) is 5.12. The van der Waals surface area contributed by atoms with Crippen LogP contribution in [-0.4, -0.2) is 29.9 Å². The van der Waals surface area contributed by atoms with E-state index >= 15 is 0 Å². The molecule has 0 aromatic heterocycles. The molecule has 0 heterocycles. The van der Waals surface area contributed by atoms with E-state index in [9.17, 15) is 16.8 Å². The Kier molecular flexibility index (Phi) is 6.16. The SMILES string of the molecule is Cc1ccc(S(=O)(=O)NCCNS(=O)(=O)c2ccc(Br)cc2)cc1. The van der Waals surface area contributed by atoms with Crippen LogP contribution in [0.2, 0.25) is 0 Å². The van der Waals surface area contributed by atoms with Crippen LogP contribution < -0.4 is 9.44 Å². The number of nitrogens with one attached hydrogen (secondary N) is 2. The van der Waals surface area contributed by atoms with Crippen molar-refractivity contribution in [1.29, 1.82) is 0 Å². The van der Waals surface area contributed by atoms with Crippen molar-refractivity contribution in [2.45, 2.75) is 16.7 Å². The fraction of sp³-hybridized carbons (Fsp3) is 0.200. The van der Waals surface area contributed by atoms with Gasteiger partial charge in [0, 0.05) is 17.6 Å². The molecular weight excluding hydrogens is 416 g/mol. The lowest BCUT2D eigenvalue weighted by molar-refractivity contribution is 0.570. The van der Waals surface area contributed by atoms with Crippen LogP contribution in [0.15, 0.2) is 62.8 Å². The average molecular weight is 433 g/mol. The minimum atomic E-state index is -3.67. The Hall–Kier alpha value is -1.26. The van der Waals surface area contributed by atoms with Crippen molar-refractivity contribution < 1.29 is 16.8 Å². The number of rotatable bonds is 7. The van der Waals surface area contributed by atoms with Gasteiger partial charge in [0.05, 0.1) is 9.79 Å². The Morgan fingerprint density at radius 2 is 1.12 bits per heavy atom. The van der Waals surface area contributed by atoms with Crippen molar-refractivity contribution in [3.05, 3.63) is 58.6 Å². The van der Waals surface area contributed by atoms with E-state index in [0.29, 0.717) is 0 Å². The van der Waals surface area contributed by atoms with Gasteiger partial charge in [-0.3, -0.25) is 0 Å². The van der Waals surface area contributed by atoms with Gasteiger partial charge in [-0.2, -0.15) is 0 Å². The van der Waals surface area contributed by atoms with Crippen LogP contribution in [-0.2, 0) is 20.0 Å². The molecule has 0 aliphatic carbocycles. The molecule has 0 bridgehead atoms. The van der Waals surface area contributed by atoms with Crippen molar-refractivity contribution in [3.63, 3.8) is 0 Å². The van der Waals surface area contributed by atoms with Gasteiger partial charge in [-0.05, 0) is 43.3 Å². The lowest BCUT2D eigenvalue weighted by atomic mass is 10.2. The number of hydrogen-bond donors (Lipinski definition) is 2. The Morgan fingerprint density at radius 3 is 1.54 bits per heavy atom. The van der Waals surface area contributed by atoms with Crippen molar-refractivity contribution in [1.82, 2.24) is 9.44 Å². The monoisotopic (exact) mass is 432 g/mol. The maximum atomic E-state index is 12.1. The first kappa shape index (κ1) is 19.1. The van der Waals surface area contributed by atoms with E-state index in [1.807, 2.05) is 6.92 Å². The van der Waals surface area contributed by atoms with Gasteiger partial charge in [0.25, 0.3) is 0 Å². The molecule has 24 heavy (non-hydrogen) atoms. The predicted molar refractivity (Wildman–Crippen MR) is 95.7 cm³/mol. The molecule has 0 saturated heterocycles. The highest BCUT2D eigenvalue weighted by Crippen LogP contribution is 2.14. The molecule has 9 heteroatoms. The Morgan fingerprint density at radius 1 is 0.750 bits per heavy atom. The van der Waals surface area contributed by atoms with Crippen LogP contribution in [0.3, 0.4) is 0 Å². The van der Waals surface area contributed by atoms with Gasteiger partial charge in [0.1, 0.15) is 0 Å². The number of benzene rings is 2. The van der Waals surface area contributed by atoms with E-state index in [1.165, 1.54) is 24.3 Å². The summed E-state index contributed by atoms with van der Waals surface area (Å²) in [6.45, 7) is 1.76. The summed E-state index contributed by atoms with van der Waals surface area (Å²) in [6, 6.07) is 12.6. The second kappa shape index (κ2) is 7.75. The van der Waals surface area contributed by atoms with E-state index in [-0.39, 0.29) is 22.9 Å². The van der Waals surface area contributed by atoms with E-state index in [1.54, 1.807) is 24.3 Å². The largest absolute Gasteiger partial charge is 0.240 e. The van der Waals surface area contributed by atoms with Crippen molar-refractivity contribution in [2.75, 3.05) is 13.1 Å². The molecule has 2 aromatic carbocycles. The smallest absolute Gasteiger partial charge is 0.210 e. The first-order valence-electron chi connectivity index (χ1n) is 7.02. The van der Waals surface area contributed by atoms with Gasteiger partial charge in [0.15, 0.2) is 0 Å². The highest BCUT2D eigenvalue weighted by Gasteiger charge is 2.15. The first-order chi connectivity index (χ1) is 11.2. The lowest BCUT2D eigenvalue weighted by Crippen LogP contribution is -2.34. The number of halogens is 1. The zero-order valence-corrected chi connectivity index (χ0v) is 16.1. The maximum Gasteiger partial charge on any atom is 0.240 e. The van der Waals surface area contributed by atoms with Crippen LogP contribution in [0, 0.1) is 6.92 Å². The van der Waals surface area contributed by atoms with Gasteiger partial charge in [-0.25, -0.2) is 26.3 Å². The molecule has 2 N–H and O–H groups in total. The highest BCUT2D eigenvalue weighted by molar-refractivity contribution is 9.10. The first-order valence-corrected chi connectivity index (χ1v) is 10.8. The predicted octanol–water partition coefficient (Wildman–Crippen LogP) is 2.01. The summed E-state index contributed by atoms with van der Waals surface area (Å²) in [7, 11) is -7.33. The van der Waals surface area contributed by atoms with Gasteiger partial charge in [-0.1, -0.05) is 33.6 Å². The normalized spacial score (nSPS) is 12.2. The average Bonchev–Trinajstić information content (AvgIpc) is 2.52. The van der Waals surface area contributed by atoms with Crippen LogP contribution in [0.1, 0.15) is 5.56 Å². The number of hydrogen-bond acceptors (Lipinski definition) is 4. The van der Waals surface area contributed by atoms with Crippen molar-refractivity contribution in [2.24, 2.45) is 0 Å². The zero-order valence-electron chi connectivity index (χ0n) is 12.9. The molecule has 6 nitrogen and oxygen atoms in total. The molecule has 0 amide bonds. The molecule has 0 fully saturated rings. The maximum absolute atomic E-state index is 12.1. The molecular formula is C15H17BrN2O4S2. The molecule has 2 aromatic rings. The molecule has 0 saturated carbocycles. The van der Waals surface area contributed by atoms with Gasteiger partial charge in [-0.15, -0.1) is 0 Å². The fourth-order valence-corrected chi connectivity index (χ4v) is 4.20. The summed E-state index contributed by atoms with van der Waals surface area (Å²) in [6.07, 6.45) is 0. The molecule has 0 aliphatic heterocycles. The molecule has 0 spiro atoms. The summed E-state index contributed by atoms with van der Waals surface area (Å²) >= 11 is 3.23. The minimum absolute atomic E-state index is 0.0496. The third-order valence-electron chi connectivity index (χ3n) is 3.16. The van der Waals surface area contributed by atoms with Gasteiger partial charge >= 0.3 is 0 Å². The topological polar surface area (TPSA) is 92.3 Å². The van der Waals surface area contributed by atoms with Gasteiger partial charge in [0.2, 0.25) is 20.0 Å². The van der Waals surface area contributed by atoms with E-state index in [4.69, 9.17) is 0 Å². The summed E-state index contributed by atoms with van der Waals surface area (Å²) < 4.78 is 53.8. The van der Waals surface area contributed by atoms with E-state index in [2.05, 4.69) is 25.4 Å².